The third kappa shape index (κ3) is 5.49. The lowest BCUT2D eigenvalue weighted by atomic mass is 9.79. The van der Waals surface area contributed by atoms with Gasteiger partial charge in [-0.3, -0.25) is 9.59 Å². The van der Waals surface area contributed by atoms with Crippen molar-refractivity contribution >= 4 is 23.2 Å². The van der Waals surface area contributed by atoms with Crippen LogP contribution in [-0.2, 0) is 14.3 Å². The number of fused-ring (bicyclic) bond motifs is 1. The molecule has 0 unspecified atom stereocenters. The molecule has 2 atom stereocenters. The second-order valence-corrected chi connectivity index (χ2v) is 11.0. The number of anilines is 2. The quantitative estimate of drug-likeness (QED) is 0.388. The Kier molecular flexibility index (Phi) is 7.84. The summed E-state index contributed by atoms with van der Waals surface area (Å²) in [4.78, 5) is 30.9. The summed E-state index contributed by atoms with van der Waals surface area (Å²) in [6.07, 6.45) is 3.62. The SMILES string of the molecule is COCCCN1C(=O)COc2ccc(N(C(=O)[C@H]3CNCC[C@@H]3c3cccc(-c4ccccc4)c3)C3CC3)cc21. The van der Waals surface area contributed by atoms with E-state index < -0.39 is 0 Å². The lowest BCUT2D eigenvalue weighted by Gasteiger charge is -2.36. The molecular formula is C33H37N3O4. The first-order valence-corrected chi connectivity index (χ1v) is 14.4. The normalized spacial score (nSPS) is 20.5. The lowest BCUT2D eigenvalue weighted by molar-refractivity contribution is -0.123. The van der Waals surface area contributed by atoms with Gasteiger partial charge in [0.05, 0.1) is 11.6 Å². The van der Waals surface area contributed by atoms with Gasteiger partial charge in [0.25, 0.3) is 5.91 Å². The van der Waals surface area contributed by atoms with Crippen LogP contribution in [0, 0.1) is 5.92 Å². The molecule has 7 nitrogen and oxygen atoms in total. The van der Waals surface area contributed by atoms with Crippen molar-refractivity contribution in [3.63, 3.8) is 0 Å². The molecule has 0 bridgehead atoms. The molecule has 1 saturated heterocycles. The molecule has 1 saturated carbocycles. The van der Waals surface area contributed by atoms with Gasteiger partial charge in [-0.05, 0) is 73.0 Å². The molecule has 0 aromatic heterocycles. The van der Waals surface area contributed by atoms with Gasteiger partial charge < -0.3 is 24.6 Å². The first-order valence-electron chi connectivity index (χ1n) is 14.4. The summed E-state index contributed by atoms with van der Waals surface area (Å²) in [7, 11) is 1.66. The summed E-state index contributed by atoms with van der Waals surface area (Å²) in [5.41, 5.74) is 5.14. The van der Waals surface area contributed by atoms with Gasteiger partial charge in [-0.2, -0.15) is 0 Å². The summed E-state index contributed by atoms with van der Waals surface area (Å²) >= 11 is 0. The average Bonchev–Trinajstić information content (AvgIpc) is 3.84. The number of methoxy groups -OCH3 is 1. The maximum Gasteiger partial charge on any atom is 0.265 e. The van der Waals surface area contributed by atoms with Crippen LogP contribution in [-0.4, -0.2) is 57.8 Å². The Morgan fingerprint density at radius 1 is 1.02 bits per heavy atom. The Morgan fingerprint density at radius 3 is 2.65 bits per heavy atom. The Balaban J connectivity index is 1.30. The van der Waals surface area contributed by atoms with Crippen molar-refractivity contribution in [3.05, 3.63) is 78.4 Å². The van der Waals surface area contributed by atoms with Crippen molar-refractivity contribution in [2.45, 2.75) is 37.6 Å². The van der Waals surface area contributed by atoms with Gasteiger partial charge in [0, 0.05) is 38.5 Å². The van der Waals surface area contributed by atoms with E-state index in [9.17, 15) is 9.59 Å². The molecule has 2 aliphatic heterocycles. The highest BCUT2D eigenvalue weighted by Gasteiger charge is 2.41. The highest BCUT2D eigenvalue weighted by atomic mass is 16.5. The van der Waals surface area contributed by atoms with Crippen molar-refractivity contribution in [2.24, 2.45) is 5.92 Å². The van der Waals surface area contributed by atoms with Crippen LogP contribution in [0.2, 0.25) is 0 Å². The molecule has 3 aromatic rings. The van der Waals surface area contributed by atoms with E-state index in [2.05, 4.69) is 53.8 Å². The van der Waals surface area contributed by atoms with Gasteiger partial charge in [-0.1, -0.05) is 54.6 Å². The van der Waals surface area contributed by atoms with Crippen LogP contribution in [0.5, 0.6) is 5.75 Å². The van der Waals surface area contributed by atoms with E-state index in [1.54, 1.807) is 12.0 Å². The fourth-order valence-electron chi connectivity index (χ4n) is 6.08. The molecule has 3 aromatic carbocycles. The monoisotopic (exact) mass is 539 g/mol. The molecule has 2 heterocycles. The fraction of sp³-hybridized carbons (Fsp3) is 0.394. The van der Waals surface area contributed by atoms with Gasteiger partial charge in [-0.25, -0.2) is 0 Å². The predicted octanol–water partition coefficient (Wildman–Crippen LogP) is 5.00. The summed E-state index contributed by atoms with van der Waals surface area (Å²) in [6, 6.07) is 25.1. The molecule has 0 radical (unpaired) electrons. The number of hydrogen-bond donors (Lipinski definition) is 1. The Morgan fingerprint density at radius 2 is 1.85 bits per heavy atom. The number of rotatable bonds is 9. The molecule has 2 fully saturated rings. The molecule has 2 amide bonds. The lowest BCUT2D eigenvalue weighted by Crippen LogP contribution is -2.47. The molecule has 0 spiro atoms. The zero-order valence-corrected chi connectivity index (χ0v) is 23.1. The van der Waals surface area contributed by atoms with E-state index in [4.69, 9.17) is 9.47 Å². The standard InChI is InChI=1S/C33H37N3O4/c1-39-18-6-17-35-30-20-27(13-14-31(30)40-22-32(35)37)36(26-11-12-26)33(38)29-21-34-16-15-28(29)25-10-5-9-24(19-25)23-7-3-2-4-8-23/h2-5,7-10,13-14,19-20,26,28-29,34H,6,11-12,15-18,21-22H2,1H3/t28-,29+/m1/s1. The summed E-state index contributed by atoms with van der Waals surface area (Å²) in [5, 5.41) is 3.49. The van der Waals surface area contributed by atoms with Crippen molar-refractivity contribution in [1.82, 2.24) is 5.32 Å². The molecule has 1 N–H and O–H groups in total. The third-order valence-electron chi connectivity index (χ3n) is 8.26. The maximum atomic E-state index is 14.4. The number of hydrogen-bond acceptors (Lipinski definition) is 5. The fourth-order valence-corrected chi connectivity index (χ4v) is 6.08. The zero-order chi connectivity index (χ0) is 27.5. The Bertz CT molecular complexity index is 1360. The van der Waals surface area contributed by atoms with Gasteiger partial charge in [-0.15, -0.1) is 0 Å². The number of benzene rings is 3. The van der Waals surface area contributed by atoms with Crippen molar-refractivity contribution in [1.29, 1.82) is 0 Å². The minimum absolute atomic E-state index is 0.0298. The van der Waals surface area contributed by atoms with Crippen LogP contribution in [0.15, 0.2) is 72.8 Å². The van der Waals surface area contributed by atoms with Gasteiger partial charge >= 0.3 is 0 Å². The third-order valence-corrected chi connectivity index (χ3v) is 8.26. The molecule has 3 aliphatic rings. The van der Waals surface area contributed by atoms with Crippen molar-refractivity contribution < 1.29 is 19.1 Å². The first kappa shape index (κ1) is 26.5. The molecule has 208 valence electrons. The summed E-state index contributed by atoms with van der Waals surface area (Å²) in [5.74, 6) is 0.719. The van der Waals surface area contributed by atoms with E-state index >= 15 is 0 Å². The number of carbonyl (C=O) groups is 2. The molecular weight excluding hydrogens is 502 g/mol. The highest BCUT2D eigenvalue weighted by Crippen LogP contribution is 2.42. The molecule has 7 heteroatoms. The number of nitrogens with zero attached hydrogens (tertiary/aromatic N) is 2. The van der Waals surface area contributed by atoms with Gasteiger partial charge in [0.2, 0.25) is 5.91 Å². The first-order chi connectivity index (χ1) is 19.6. The second kappa shape index (κ2) is 11.8. The summed E-state index contributed by atoms with van der Waals surface area (Å²) < 4.78 is 11.0. The zero-order valence-electron chi connectivity index (χ0n) is 23.1. The largest absolute Gasteiger partial charge is 0.482 e. The topological polar surface area (TPSA) is 71.1 Å². The molecule has 40 heavy (non-hydrogen) atoms. The Hall–Kier alpha value is -3.68. The predicted molar refractivity (Wildman–Crippen MR) is 157 cm³/mol. The van der Waals surface area contributed by atoms with Crippen LogP contribution in [0.1, 0.15) is 37.2 Å². The van der Waals surface area contributed by atoms with E-state index in [0.29, 0.717) is 25.4 Å². The van der Waals surface area contributed by atoms with Crippen LogP contribution >= 0.6 is 0 Å². The minimum Gasteiger partial charge on any atom is -0.482 e. The average molecular weight is 540 g/mol. The molecule has 6 rings (SSSR count). The number of piperidine rings is 1. The molecule has 1 aliphatic carbocycles. The van der Waals surface area contributed by atoms with E-state index in [1.165, 1.54) is 16.7 Å². The van der Waals surface area contributed by atoms with Crippen LogP contribution in [0.25, 0.3) is 11.1 Å². The van der Waals surface area contributed by atoms with Gasteiger partial charge in [0.15, 0.2) is 6.61 Å². The number of ether oxygens (including phenoxy) is 2. The van der Waals surface area contributed by atoms with E-state index in [1.807, 2.05) is 29.2 Å². The minimum atomic E-state index is -0.174. The Labute approximate surface area is 236 Å². The van der Waals surface area contributed by atoms with Crippen LogP contribution in [0.4, 0.5) is 11.4 Å². The number of nitrogens with one attached hydrogen (secondary N) is 1. The highest BCUT2D eigenvalue weighted by molar-refractivity contribution is 6.01. The van der Waals surface area contributed by atoms with E-state index in [0.717, 1.165) is 43.6 Å². The van der Waals surface area contributed by atoms with Crippen molar-refractivity contribution in [3.8, 4) is 16.9 Å². The van der Waals surface area contributed by atoms with Crippen LogP contribution in [0.3, 0.4) is 0 Å². The van der Waals surface area contributed by atoms with Crippen molar-refractivity contribution in [2.75, 3.05) is 49.8 Å². The maximum absolute atomic E-state index is 14.4. The number of amides is 2. The van der Waals surface area contributed by atoms with Gasteiger partial charge in [0.1, 0.15) is 5.75 Å². The summed E-state index contributed by atoms with van der Waals surface area (Å²) in [6.45, 7) is 2.70. The second-order valence-electron chi connectivity index (χ2n) is 11.0. The van der Waals surface area contributed by atoms with Crippen LogP contribution < -0.4 is 19.9 Å². The number of carbonyl (C=O) groups excluding carboxylic acids is 2. The van der Waals surface area contributed by atoms with E-state index in [-0.39, 0.29) is 36.3 Å². The smallest absolute Gasteiger partial charge is 0.265 e.